The summed E-state index contributed by atoms with van der Waals surface area (Å²) in [5.41, 5.74) is 6.46. The summed E-state index contributed by atoms with van der Waals surface area (Å²) in [6.45, 7) is -0.264. The Balaban J connectivity index is 2.82. The Labute approximate surface area is 99.7 Å². The number of hydrogen-bond acceptors (Lipinski definition) is 4. The van der Waals surface area contributed by atoms with E-state index in [9.17, 15) is 4.79 Å². The van der Waals surface area contributed by atoms with E-state index < -0.39 is 11.9 Å². The highest BCUT2D eigenvalue weighted by Gasteiger charge is 2.21. The second kappa shape index (κ2) is 6.26. The summed E-state index contributed by atoms with van der Waals surface area (Å²) < 4.78 is 0. The van der Waals surface area contributed by atoms with Crippen molar-refractivity contribution in [1.29, 1.82) is 10.5 Å². The quantitative estimate of drug-likeness (QED) is 0.762. The van der Waals surface area contributed by atoms with Crippen LogP contribution < -0.4 is 5.73 Å². The van der Waals surface area contributed by atoms with Gasteiger partial charge in [-0.2, -0.15) is 10.5 Å². The molecule has 0 heterocycles. The Morgan fingerprint density at radius 1 is 1.24 bits per heavy atom. The second-order valence-corrected chi connectivity index (χ2v) is 3.40. The van der Waals surface area contributed by atoms with E-state index in [1.165, 1.54) is 0 Å². The first-order chi connectivity index (χ1) is 8.20. The zero-order valence-electron chi connectivity index (χ0n) is 9.21. The van der Waals surface area contributed by atoms with Gasteiger partial charge in [0.15, 0.2) is 0 Å². The lowest BCUT2D eigenvalue weighted by Gasteiger charge is -2.20. The summed E-state index contributed by atoms with van der Waals surface area (Å²) in [4.78, 5) is 13.1. The van der Waals surface area contributed by atoms with Crippen LogP contribution in [-0.4, -0.2) is 23.9 Å². The van der Waals surface area contributed by atoms with Crippen molar-refractivity contribution in [1.82, 2.24) is 4.90 Å². The van der Waals surface area contributed by atoms with E-state index in [2.05, 4.69) is 0 Å². The molecule has 0 spiro atoms. The molecule has 0 saturated carbocycles. The Morgan fingerprint density at radius 2 is 1.76 bits per heavy atom. The lowest BCUT2D eigenvalue weighted by molar-refractivity contribution is -0.131. The summed E-state index contributed by atoms with van der Waals surface area (Å²) in [6, 6.07) is 11.7. The summed E-state index contributed by atoms with van der Waals surface area (Å²) >= 11 is 0. The lowest BCUT2D eigenvalue weighted by Crippen LogP contribution is -2.39. The molecule has 1 rings (SSSR count). The number of hydrogen-bond donors (Lipinski definition) is 1. The number of amides is 1. The molecule has 1 amide bonds. The molecule has 2 N–H and O–H groups in total. The third-order valence-electron chi connectivity index (χ3n) is 2.26. The average molecular weight is 228 g/mol. The number of nitriles is 2. The number of benzene rings is 1. The van der Waals surface area contributed by atoms with Gasteiger partial charge in [-0.25, -0.2) is 0 Å². The predicted molar refractivity (Wildman–Crippen MR) is 61.2 cm³/mol. The first kappa shape index (κ1) is 12.7. The van der Waals surface area contributed by atoms with E-state index in [0.29, 0.717) is 5.56 Å². The van der Waals surface area contributed by atoms with Gasteiger partial charge in [-0.15, -0.1) is 0 Å². The number of nitrogens with zero attached hydrogens (tertiary/aromatic N) is 3. The van der Waals surface area contributed by atoms with Gasteiger partial charge in [0, 0.05) is 0 Å². The van der Waals surface area contributed by atoms with Gasteiger partial charge < -0.3 is 10.6 Å². The van der Waals surface area contributed by atoms with Crippen molar-refractivity contribution < 1.29 is 4.79 Å². The molecule has 5 heteroatoms. The fraction of sp³-hybridized carbons (Fsp3) is 0.250. The number of carbonyl (C=O) groups excluding carboxylic acids is 1. The summed E-state index contributed by atoms with van der Waals surface area (Å²) in [5, 5.41) is 17.1. The summed E-state index contributed by atoms with van der Waals surface area (Å²) in [6.07, 6.45) is 0. The van der Waals surface area contributed by atoms with Crippen molar-refractivity contribution in [2.45, 2.75) is 6.04 Å². The maximum absolute atomic E-state index is 11.9. The van der Waals surface area contributed by atoms with E-state index in [4.69, 9.17) is 16.3 Å². The Kier molecular flexibility index (Phi) is 4.68. The first-order valence-electron chi connectivity index (χ1n) is 5.04. The topological polar surface area (TPSA) is 93.9 Å². The Bertz CT molecular complexity index is 442. The smallest absolute Gasteiger partial charge is 0.245 e. The van der Waals surface area contributed by atoms with Crippen molar-refractivity contribution in [2.75, 3.05) is 13.1 Å². The predicted octanol–water partition coefficient (Wildman–Crippen LogP) is 0.562. The van der Waals surface area contributed by atoms with Crippen LogP contribution in [0.25, 0.3) is 0 Å². The summed E-state index contributed by atoms with van der Waals surface area (Å²) in [5.74, 6) is -0.417. The molecule has 86 valence electrons. The molecule has 17 heavy (non-hydrogen) atoms. The van der Waals surface area contributed by atoms with Crippen LogP contribution in [0, 0.1) is 22.7 Å². The van der Waals surface area contributed by atoms with Crippen LogP contribution in [0.4, 0.5) is 0 Å². The molecule has 1 aromatic rings. The van der Waals surface area contributed by atoms with Gasteiger partial charge in [0.1, 0.15) is 19.1 Å². The van der Waals surface area contributed by atoms with E-state index >= 15 is 0 Å². The molecule has 1 atom stereocenters. The Hall–Kier alpha value is -2.37. The molecule has 0 aromatic heterocycles. The SMILES string of the molecule is N#CCN(CC#N)C(=O)[C@@H](N)c1ccccc1. The zero-order chi connectivity index (χ0) is 12.7. The molecular weight excluding hydrogens is 216 g/mol. The van der Waals surface area contributed by atoms with Crippen LogP contribution >= 0.6 is 0 Å². The maximum Gasteiger partial charge on any atom is 0.245 e. The lowest BCUT2D eigenvalue weighted by atomic mass is 10.1. The van der Waals surface area contributed by atoms with Gasteiger partial charge in [0.2, 0.25) is 5.91 Å². The largest absolute Gasteiger partial charge is 0.316 e. The Morgan fingerprint density at radius 3 is 2.24 bits per heavy atom. The monoisotopic (exact) mass is 228 g/mol. The third-order valence-corrected chi connectivity index (χ3v) is 2.26. The van der Waals surface area contributed by atoms with Crippen molar-refractivity contribution >= 4 is 5.91 Å². The van der Waals surface area contributed by atoms with Gasteiger partial charge in [0.05, 0.1) is 12.1 Å². The van der Waals surface area contributed by atoms with Crippen LogP contribution in [-0.2, 0) is 4.79 Å². The van der Waals surface area contributed by atoms with E-state index in [1.54, 1.807) is 24.3 Å². The minimum Gasteiger partial charge on any atom is -0.316 e. The minimum atomic E-state index is -0.835. The number of rotatable bonds is 4. The van der Waals surface area contributed by atoms with Crippen molar-refractivity contribution in [2.24, 2.45) is 5.73 Å². The molecule has 0 aliphatic rings. The molecule has 0 unspecified atom stereocenters. The normalized spacial score (nSPS) is 11.0. The van der Waals surface area contributed by atoms with E-state index in [0.717, 1.165) is 4.90 Å². The van der Waals surface area contributed by atoms with Crippen molar-refractivity contribution in [3.8, 4) is 12.1 Å². The van der Waals surface area contributed by atoms with Gasteiger partial charge in [-0.3, -0.25) is 4.79 Å². The molecule has 1 aromatic carbocycles. The van der Waals surface area contributed by atoms with Crippen LogP contribution in [0.3, 0.4) is 0 Å². The highest BCUT2D eigenvalue weighted by Crippen LogP contribution is 2.12. The van der Waals surface area contributed by atoms with Crippen molar-refractivity contribution in [3.05, 3.63) is 35.9 Å². The van der Waals surface area contributed by atoms with Crippen LogP contribution in [0.2, 0.25) is 0 Å². The molecule has 0 fully saturated rings. The molecule has 0 aliphatic carbocycles. The molecule has 0 aliphatic heterocycles. The van der Waals surface area contributed by atoms with Gasteiger partial charge in [-0.1, -0.05) is 30.3 Å². The van der Waals surface area contributed by atoms with E-state index in [1.807, 2.05) is 18.2 Å². The summed E-state index contributed by atoms with van der Waals surface area (Å²) in [7, 11) is 0. The fourth-order valence-corrected chi connectivity index (χ4v) is 1.38. The van der Waals surface area contributed by atoms with Crippen LogP contribution in [0.15, 0.2) is 30.3 Å². The van der Waals surface area contributed by atoms with Crippen LogP contribution in [0.5, 0.6) is 0 Å². The van der Waals surface area contributed by atoms with Gasteiger partial charge in [0.25, 0.3) is 0 Å². The van der Waals surface area contributed by atoms with Gasteiger partial charge in [-0.05, 0) is 5.56 Å². The standard InChI is InChI=1S/C12H12N4O/c13-6-8-16(9-7-14)12(17)11(15)10-4-2-1-3-5-10/h1-5,11H,8-9,15H2/t11-/m0/s1. The number of nitrogens with two attached hydrogens (primary N) is 1. The molecule has 0 bridgehead atoms. The van der Waals surface area contributed by atoms with Crippen LogP contribution in [0.1, 0.15) is 11.6 Å². The highest BCUT2D eigenvalue weighted by atomic mass is 16.2. The molecule has 5 nitrogen and oxygen atoms in total. The number of carbonyl (C=O) groups is 1. The maximum atomic E-state index is 11.9. The van der Waals surface area contributed by atoms with E-state index in [-0.39, 0.29) is 13.1 Å². The average Bonchev–Trinajstić information content (AvgIpc) is 2.38. The minimum absolute atomic E-state index is 0.132. The first-order valence-corrected chi connectivity index (χ1v) is 5.04. The van der Waals surface area contributed by atoms with Gasteiger partial charge >= 0.3 is 0 Å². The van der Waals surface area contributed by atoms with Crippen molar-refractivity contribution in [3.63, 3.8) is 0 Å². The zero-order valence-corrected chi connectivity index (χ0v) is 9.21. The second-order valence-electron chi connectivity index (χ2n) is 3.40. The highest BCUT2D eigenvalue weighted by molar-refractivity contribution is 5.83. The molecular formula is C12H12N4O. The molecule has 0 radical (unpaired) electrons. The molecule has 0 saturated heterocycles. The third kappa shape index (κ3) is 3.30. The fourth-order valence-electron chi connectivity index (χ4n) is 1.38.